The predicted molar refractivity (Wildman–Crippen MR) is 84.7 cm³/mol. The number of primary amides is 1. The Morgan fingerprint density at radius 1 is 1.27 bits per heavy atom. The van der Waals surface area contributed by atoms with Crippen molar-refractivity contribution in [3.05, 3.63) is 46.8 Å². The number of anilines is 1. The Morgan fingerprint density at radius 3 is 2.50 bits per heavy atom. The molecule has 1 heterocycles. The van der Waals surface area contributed by atoms with Gasteiger partial charge in [-0.2, -0.15) is 5.10 Å². The van der Waals surface area contributed by atoms with Gasteiger partial charge in [-0.25, -0.2) is 0 Å². The fourth-order valence-electron chi connectivity index (χ4n) is 2.42. The van der Waals surface area contributed by atoms with Gasteiger partial charge in [0.15, 0.2) is 0 Å². The van der Waals surface area contributed by atoms with Crippen molar-refractivity contribution >= 4 is 17.5 Å². The largest absolute Gasteiger partial charge is 0.366 e. The van der Waals surface area contributed by atoms with Crippen LogP contribution in [0.5, 0.6) is 0 Å². The molecule has 2 amide bonds. The number of nitrogens with two attached hydrogens (primary N) is 1. The highest BCUT2D eigenvalue weighted by molar-refractivity contribution is 5.99. The summed E-state index contributed by atoms with van der Waals surface area (Å²) in [6.45, 7) is 7.32. The molecular formula is C16H20N4O2. The number of nitrogens with zero attached hydrogens (tertiary/aromatic N) is 2. The van der Waals surface area contributed by atoms with Crippen molar-refractivity contribution in [1.82, 2.24) is 9.78 Å². The zero-order valence-corrected chi connectivity index (χ0v) is 13.2. The molecule has 0 aliphatic rings. The van der Waals surface area contributed by atoms with Crippen LogP contribution in [0.4, 0.5) is 5.69 Å². The number of amides is 2. The van der Waals surface area contributed by atoms with E-state index in [1.54, 1.807) is 36.7 Å². The van der Waals surface area contributed by atoms with E-state index in [0.29, 0.717) is 16.8 Å². The number of carbonyl (C=O) groups excluding carboxylic acids is 2. The van der Waals surface area contributed by atoms with E-state index in [1.165, 1.54) is 0 Å². The van der Waals surface area contributed by atoms with Crippen LogP contribution in [-0.4, -0.2) is 21.6 Å². The van der Waals surface area contributed by atoms with Gasteiger partial charge < -0.3 is 11.1 Å². The Morgan fingerprint density at radius 2 is 1.95 bits per heavy atom. The van der Waals surface area contributed by atoms with E-state index < -0.39 is 11.9 Å². The van der Waals surface area contributed by atoms with Gasteiger partial charge in [-0.1, -0.05) is 6.07 Å². The van der Waals surface area contributed by atoms with E-state index in [0.717, 1.165) is 11.4 Å². The van der Waals surface area contributed by atoms with Crippen LogP contribution in [0, 0.1) is 20.8 Å². The summed E-state index contributed by atoms with van der Waals surface area (Å²) in [5.74, 6) is -0.712. The molecule has 1 aromatic heterocycles. The third-order valence-corrected chi connectivity index (χ3v) is 3.65. The third kappa shape index (κ3) is 3.00. The lowest BCUT2D eigenvalue weighted by molar-refractivity contribution is -0.119. The van der Waals surface area contributed by atoms with E-state index >= 15 is 0 Å². The summed E-state index contributed by atoms with van der Waals surface area (Å²) in [6.07, 6.45) is 0. The molecule has 0 spiro atoms. The molecule has 1 atom stereocenters. The second kappa shape index (κ2) is 6.01. The minimum Gasteiger partial charge on any atom is -0.366 e. The smallest absolute Gasteiger partial charge is 0.249 e. The first-order valence-electron chi connectivity index (χ1n) is 7.04. The number of nitrogens with one attached hydrogen (secondary N) is 1. The van der Waals surface area contributed by atoms with E-state index in [2.05, 4.69) is 10.4 Å². The van der Waals surface area contributed by atoms with Crippen LogP contribution in [0.2, 0.25) is 0 Å². The molecule has 0 saturated carbocycles. The predicted octanol–water partition coefficient (Wildman–Crippen LogP) is 2.11. The monoisotopic (exact) mass is 300 g/mol. The van der Waals surface area contributed by atoms with Crippen molar-refractivity contribution in [3.8, 4) is 0 Å². The van der Waals surface area contributed by atoms with Gasteiger partial charge >= 0.3 is 0 Å². The minimum absolute atomic E-state index is 0.198. The topological polar surface area (TPSA) is 90.0 Å². The lowest BCUT2D eigenvalue weighted by Crippen LogP contribution is -2.26. The number of carbonyl (C=O) groups is 2. The lowest BCUT2D eigenvalue weighted by atomic mass is 10.1. The summed E-state index contributed by atoms with van der Waals surface area (Å²) in [7, 11) is 0. The van der Waals surface area contributed by atoms with Gasteiger partial charge in [0.1, 0.15) is 6.04 Å². The summed E-state index contributed by atoms with van der Waals surface area (Å²) < 4.78 is 1.68. The Bertz CT molecular complexity index is 734. The van der Waals surface area contributed by atoms with E-state index in [9.17, 15) is 9.59 Å². The number of aromatic nitrogens is 2. The Balaban J connectivity index is 2.24. The first-order chi connectivity index (χ1) is 10.3. The van der Waals surface area contributed by atoms with Crippen molar-refractivity contribution in [2.75, 3.05) is 5.32 Å². The van der Waals surface area contributed by atoms with Crippen molar-refractivity contribution in [3.63, 3.8) is 0 Å². The van der Waals surface area contributed by atoms with Crippen LogP contribution in [0.1, 0.15) is 40.3 Å². The van der Waals surface area contributed by atoms with Crippen molar-refractivity contribution in [2.24, 2.45) is 5.73 Å². The molecule has 0 bridgehead atoms. The van der Waals surface area contributed by atoms with Crippen LogP contribution < -0.4 is 11.1 Å². The standard InChI is InChI=1S/C16H20N4O2/c1-9-8-10(2)20(19-9)12(4)16(22)18-14-7-5-6-13(11(14)3)15(17)21/h5-8,12H,1-4H3,(H2,17,21)(H,18,22). The van der Waals surface area contributed by atoms with E-state index in [1.807, 2.05) is 19.9 Å². The van der Waals surface area contributed by atoms with Gasteiger partial charge in [0.05, 0.1) is 5.69 Å². The van der Waals surface area contributed by atoms with Gasteiger partial charge in [-0.05, 0) is 51.5 Å². The van der Waals surface area contributed by atoms with Crippen LogP contribution in [-0.2, 0) is 4.79 Å². The first-order valence-corrected chi connectivity index (χ1v) is 7.04. The van der Waals surface area contributed by atoms with Gasteiger partial charge in [-0.15, -0.1) is 0 Å². The number of hydrogen-bond donors (Lipinski definition) is 2. The molecule has 22 heavy (non-hydrogen) atoms. The van der Waals surface area contributed by atoms with Gasteiger partial charge in [0.2, 0.25) is 11.8 Å². The molecular weight excluding hydrogens is 280 g/mol. The summed E-state index contributed by atoms with van der Waals surface area (Å²) in [5.41, 5.74) is 8.74. The number of aryl methyl sites for hydroxylation is 2. The Kier molecular flexibility index (Phi) is 4.30. The molecule has 2 rings (SSSR count). The average Bonchev–Trinajstić information content (AvgIpc) is 2.78. The maximum atomic E-state index is 12.4. The molecule has 3 N–H and O–H groups in total. The number of benzene rings is 1. The zero-order chi connectivity index (χ0) is 16.4. The SMILES string of the molecule is Cc1cc(C)n(C(C)C(=O)Nc2cccc(C(N)=O)c2C)n1. The summed E-state index contributed by atoms with van der Waals surface area (Å²) in [6, 6.07) is 6.54. The highest BCUT2D eigenvalue weighted by atomic mass is 16.2. The highest BCUT2D eigenvalue weighted by Crippen LogP contribution is 2.20. The molecule has 1 aromatic carbocycles. The van der Waals surface area contributed by atoms with Gasteiger partial charge in [-0.3, -0.25) is 14.3 Å². The summed E-state index contributed by atoms with van der Waals surface area (Å²) in [4.78, 5) is 23.8. The fourth-order valence-corrected chi connectivity index (χ4v) is 2.42. The van der Waals surface area contributed by atoms with Crippen LogP contribution >= 0.6 is 0 Å². The Labute approximate surface area is 129 Å². The highest BCUT2D eigenvalue weighted by Gasteiger charge is 2.19. The van der Waals surface area contributed by atoms with Crippen molar-refractivity contribution in [2.45, 2.75) is 33.7 Å². The van der Waals surface area contributed by atoms with Crippen LogP contribution in [0.15, 0.2) is 24.3 Å². The minimum atomic E-state index is -0.514. The average molecular weight is 300 g/mol. The maximum Gasteiger partial charge on any atom is 0.249 e. The summed E-state index contributed by atoms with van der Waals surface area (Å²) >= 11 is 0. The Hall–Kier alpha value is -2.63. The van der Waals surface area contributed by atoms with Crippen molar-refractivity contribution in [1.29, 1.82) is 0 Å². The van der Waals surface area contributed by atoms with Gasteiger partial charge in [0.25, 0.3) is 0 Å². The molecule has 0 saturated heterocycles. The number of rotatable bonds is 4. The second-order valence-electron chi connectivity index (χ2n) is 5.38. The second-order valence-corrected chi connectivity index (χ2v) is 5.38. The quantitative estimate of drug-likeness (QED) is 0.906. The zero-order valence-electron chi connectivity index (χ0n) is 13.2. The van der Waals surface area contributed by atoms with Gasteiger partial charge in [0, 0.05) is 16.9 Å². The molecule has 6 heteroatoms. The fraction of sp³-hybridized carbons (Fsp3) is 0.312. The molecule has 1 unspecified atom stereocenters. The third-order valence-electron chi connectivity index (χ3n) is 3.65. The molecule has 2 aromatic rings. The molecule has 0 aliphatic carbocycles. The molecule has 116 valence electrons. The molecule has 0 aliphatic heterocycles. The van der Waals surface area contributed by atoms with Crippen LogP contribution in [0.3, 0.4) is 0 Å². The molecule has 0 radical (unpaired) electrons. The normalized spacial score (nSPS) is 12.0. The molecule has 0 fully saturated rings. The number of hydrogen-bond acceptors (Lipinski definition) is 3. The molecule has 6 nitrogen and oxygen atoms in total. The lowest BCUT2D eigenvalue weighted by Gasteiger charge is -2.16. The van der Waals surface area contributed by atoms with E-state index in [4.69, 9.17) is 5.73 Å². The van der Waals surface area contributed by atoms with Crippen LogP contribution in [0.25, 0.3) is 0 Å². The van der Waals surface area contributed by atoms with Crippen molar-refractivity contribution < 1.29 is 9.59 Å². The first kappa shape index (κ1) is 15.8. The summed E-state index contributed by atoms with van der Waals surface area (Å²) in [5, 5.41) is 7.16. The maximum absolute atomic E-state index is 12.4. The van der Waals surface area contributed by atoms with E-state index in [-0.39, 0.29) is 5.91 Å².